The van der Waals surface area contributed by atoms with Gasteiger partial charge in [-0.3, -0.25) is 4.68 Å². The average Bonchev–Trinajstić information content (AvgIpc) is 2.61. The predicted octanol–water partition coefficient (Wildman–Crippen LogP) is 1.06. The molecule has 0 saturated heterocycles. The highest BCUT2D eigenvalue weighted by molar-refractivity contribution is 14.0. The van der Waals surface area contributed by atoms with Crippen LogP contribution in [0.25, 0.3) is 0 Å². The molecule has 0 spiro atoms. The maximum Gasteiger partial charge on any atom is 0.188 e. The fourth-order valence-corrected chi connectivity index (χ4v) is 1.24. The van der Waals surface area contributed by atoms with Crippen molar-refractivity contribution in [1.82, 2.24) is 15.1 Å². The lowest BCUT2D eigenvalue weighted by atomic mass is 10.3. The van der Waals surface area contributed by atoms with Crippen molar-refractivity contribution in [3.8, 4) is 0 Å². The van der Waals surface area contributed by atoms with Gasteiger partial charge in [0.2, 0.25) is 0 Å². The number of nitrogens with zero attached hydrogens (tertiary/aromatic N) is 3. The minimum absolute atomic E-state index is 0. The molecule has 17 heavy (non-hydrogen) atoms. The molecule has 0 aliphatic rings. The number of hydrogen-bond acceptors (Lipinski definition) is 2. The van der Waals surface area contributed by atoms with Gasteiger partial charge in [0.1, 0.15) is 0 Å². The van der Waals surface area contributed by atoms with Crippen LogP contribution < -0.4 is 11.1 Å². The normalized spacial score (nSPS) is 10.8. The topological polar surface area (TPSA) is 68.2 Å². The van der Waals surface area contributed by atoms with Crippen LogP contribution in [0, 0.1) is 0 Å². The molecule has 6 heteroatoms. The van der Waals surface area contributed by atoms with Crippen molar-refractivity contribution < 1.29 is 0 Å². The number of aliphatic imine (C=N–C) groups is 1. The zero-order valence-corrected chi connectivity index (χ0v) is 12.6. The van der Waals surface area contributed by atoms with Crippen molar-refractivity contribution >= 4 is 29.9 Å². The number of rotatable bonds is 5. The monoisotopic (exact) mass is 349 g/mol. The van der Waals surface area contributed by atoms with Gasteiger partial charge in [0.25, 0.3) is 0 Å². The molecular formula is C11H20IN5. The maximum atomic E-state index is 5.67. The van der Waals surface area contributed by atoms with Crippen molar-refractivity contribution in [2.24, 2.45) is 17.8 Å². The van der Waals surface area contributed by atoms with E-state index in [0.717, 1.165) is 18.5 Å². The molecule has 3 N–H and O–H groups in total. The first-order chi connectivity index (χ1) is 7.59. The van der Waals surface area contributed by atoms with E-state index >= 15 is 0 Å². The fourth-order valence-electron chi connectivity index (χ4n) is 1.24. The van der Waals surface area contributed by atoms with Gasteiger partial charge < -0.3 is 11.1 Å². The second kappa shape index (κ2) is 8.10. The number of guanidine groups is 1. The van der Waals surface area contributed by atoms with Gasteiger partial charge in [0, 0.05) is 31.9 Å². The summed E-state index contributed by atoms with van der Waals surface area (Å²) in [5, 5.41) is 7.14. The molecule has 1 aromatic heterocycles. The van der Waals surface area contributed by atoms with Crippen LogP contribution in [0.1, 0.15) is 12.6 Å². The van der Waals surface area contributed by atoms with Crippen molar-refractivity contribution in [2.75, 3.05) is 13.1 Å². The zero-order chi connectivity index (χ0) is 12.0. The number of halogens is 1. The molecule has 1 aromatic rings. The summed E-state index contributed by atoms with van der Waals surface area (Å²) >= 11 is 0. The van der Waals surface area contributed by atoms with Gasteiger partial charge >= 0.3 is 0 Å². The first kappa shape index (κ1) is 16.0. The Kier molecular flexibility index (Phi) is 7.60. The third-order valence-electron chi connectivity index (χ3n) is 2.13. The van der Waals surface area contributed by atoms with E-state index in [2.05, 4.69) is 22.0 Å². The minimum Gasteiger partial charge on any atom is -0.370 e. The average molecular weight is 349 g/mol. The molecule has 0 aromatic carbocycles. The lowest BCUT2D eigenvalue weighted by Crippen LogP contribution is -2.33. The van der Waals surface area contributed by atoms with Crippen LogP contribution in [-0.2, 0) is 13.5 Å². The molecule has 1 rings (SSSR count). The van der Waals surface area contributed by atoms with E-state index < -0.39 is 0 Å². The van der Waals surface area contributed by atoms with Gasteiger partial charge in [-0.05, 0) is 13.0 Å². The molecule has 0 bridgehead atoms. The number of aryl methyl sites for hydroxylation is 1. The first-order valence-electron chi connectivity index (χ1n) is 5.24. The Hall–Kier alpha value is -1.05. The van der Waals surface area contributed by atoms with E-state index in [9.17, 15) is 0 Å². The van der Waals surface area contributed by atoms with Crippen LogP contribution in [0.15, 0.2) is 29.4 Å². The van der Waals surface area contributed by atoms with Crippen molar-refractivity contribution in [2.45, 2.75) is 13.3 Å². The summed E-state index contributed by atoms with van der Waals surface area (Å²) in [4.78, 5) is 4.13. The van der Waals surface area contributed by atoms with Crippen LogP contribution in [0.3, 0.4) is 0 Å². The van der Waals surface area contributed by atoms with Gasteiger partial charge in [-0.25, -0.2) is 4.99 Å². The molecule has 0 fully saturated rings. The Bertz CT molecular complexity index is 383. The van der Waals surface area contributed by atoms with E-state index in [4.69, 9.17) is 5.73 Å². The minimum atomic E-state index is 0. The second-order valence-electron chi connectivity index (χ2n) is 3.78. The lowest BCUT2D eigenvalue weighted by Gasteiger charge is -2.05. The fraction of sp³-hybridized carbons (Fsp3) is 0.455. The van der Waals surface area contributed by atoms with Crippen LogP contribution in [0.2, 0.25) is 0 Å². The number of hydrogen-bond donors (Lipinski definition) is 2. The van der Waals surface area contributed by atoms with E-state index in [1.807, 2.05) is 24.7 Å². The van der Waals surface area contributed by atoms with Crippen LogP contribution in [0.5, 0.6) is 0 Å². The zero-order valence-electron chi connectivity index (χ0n) is 10.3. The highest BCUT2D eigenvalue weighted by Crippen LogP contribution is 1.95. The quantitative estimate of drug-likeness (QED) is 0.362. The Labute approximate surface area is 119 Å². The summed E-state index contributed by atoms with van der Waals surface area (Å²) in [6.07, 6.45) is 2.66. The van der Waals surface area contributed by atoms with E-state index in [1.165, 1.54) is 5.69 Å². The van der Waals surface area contributed by atoms with Gasteiger partial charge in [0.05, 0.1) is 6.54 Å². The summed E-state index contributed by atoms with van der Waals surface area (Å²) < 4.78 is 1.85. The maximum absolute atomic E-state index is 5.67. The molecule has 0 radical (unpaired) electrons. The smallest absolute Gasteiger partial charge is 0.188 e. The van der Waals surface area contributed by atoms with Crippen LogP contribution >= 0.6 is 24.0 Å². The standard InChI is InChI=1S/C11H19N5.HI/c1-9(2)8-14-11(12)13-6-4-10-5-7-15-16(10)3;/h5,7H,1,4,6,8H2,2-3H3,(H3,12,13,14);1H. The summed E-state index contributed by atoms with van der Waals surface area (Å²) in [5.41, 5.74) is 7.84. The van der Waals surface area contributed by atoms with Crippen molar-refractivity contribution in [3.05, 3.63) is 30.1 Å². The molecule has 1 heterocycles. The number of aromatic nitrogens is 2. The Morgan fingerprint density at radius 1 is 1.65 bits per heavy atom. The molecule has 0 atom stereocenters. The largest absolute Gasteiger partial charge is 0.370 e. The summed E-state index contributed by atoms with van der Waals surface area (Å²) in [6.45, 7) is 7.01. The Morgan fingerprint density at radius 3 is 2.88 bits per heavy atom. The third-order valence-corrected chi connectivity index (χ3v) is 2.13. The number of nitrogens with two attached hydrogens (primary N) is 1. The highest BCUT2D eigenvalue weighted by atomic mass is 127. The summed E-state index contributed by atoms with van der Waals surface area (Å²) in [5.74, 6) is 0.463. The van der Waals surface area contributed by atoms with Gasteiger partial charge in [0.15, 0.2) is 5.96 Å². The van der Waals surface area contributed by atoms with Gasteiger partial charge in [-0.1, -0.05) is 12.2 Å². The Morgan fingerprint density at radius 2 is 2.35 bits per heavy atom. The molecule has 0 aliphatic heterocycles. The van der Waals surface area contributed by atoms with Gasteiger partial charge in [-0.2, -0.15) is 5.10 Å². The SMILES string of the molecule is C=C(C)CN=C(N)NCCc1ccnn1C.I. The molecule has 0 amide bonds. The second-order valence-corrected chi connectivity index (χ2v) is 3.78. The summed E-state index contributed by atoms with van der Waals surface area (Å²) in [6, 6.07) is 1.99. The van der Waals surface area contributed by atoms with Crippen molar-refractivity contribution in [1.29, 1.82) is 0 Å². The van der Waals surface area contributed by atoms with E-state index in [0.29, 0.717) is 12.5 Å². The molecular weight excluding hydrogens is 329 g/mol. The predicted molar refractivity (Wildman–Crippen MR) is 81.6 cm³/mol. The van der Waals surface area contributed by atoms with E-state index in [-0.39, 0.29) is 24.0 Å². The first-order valence-corrected chi connectivity index (χ1v) is 5.24. The highest BCUT2D eigenvalue weighted by Gasteiger charge is 1.98. The van der Waals surface area contributed by atoms with Gasteiger partial charge in [-0.15, -0.1) is 24.0 Å². The Balaban J connectivity index is 0.00000256. The van der Waals surface area contributed by atoms with Crippen molar-refractivity contribution in [3.63, 3.8) is 0 Å². The van der Waals surface area contributed by atoms with E-state index in [1.54, 1.807) is 6.20 Å². The lowest BCUT2D eigenvalue weighted by molar-refractivity contribution is 0.694. The molecule has 96 valence electrons. The third kappa shape index (κ3) is 6.30. The van der Waals surface area contributed by atoms with Crippen LogP contribution in [0.4, 0.5) is 0 Å². The number of nitrogens with one attached hydrogen (secondary N) is 1. The molecule has 0 saturated carbocycles. The van der Waals surface area contributed by atoms with Crippen LogP contribution in [-0.4, -0.2) is 28.8 Å². The molecule has 5 nitrogen and oxygen atoms in total. The summed E-state index contributed by atoms with van der Waals surface area (Å²) in [7, 11) is 1.92. The molecule has 0 unspecified atom stereocenters. The molecule has 0 aliphatic carbocycles.